The summed E-state index contributed by atoms with van der Waals surface area (Å²) in [4.78, 5) is 2.83. The second kappa shape index (κ2) is 5.16. The van der Waals surface area contributed by atoms with E-state index in [-0.39, 0.29) is 0 Å². The molecule has 2 aliphatic heterocycles. The van der Waals surface area contributed by atoms with Crippen LogP contribution in [-0.2, 0) is 0 Å². The topological polar surface area (TPSA) is 3.24 Å². The maximum Gasteiger partial charge on any atom is 0.00986 e. The van der Waals surface area contributed by atoms with E-state index in [9.17, 15) is 0 Å². The Bertz CT molecular complexity index is 167. The lowest BCUT2D eigenvalue weighted by atomic mass is 9.93. The maximum absolute atomic E-state index is 2.83. The van der Waals surface area contributed by atoms with Crippen molar-refractivity contribution in [3.8, 4) is 0 Å². The largest absolute Gasteiger partial charge is 0.297 e. The molecule has 1 nitrogen and oxygen atoms in total. The zero-order chi connectivity index (χ0) is 9.80. The van der Waals surface area contributed by atoms with Crippen molar-refractivity contribution in [1.82, 2.24) is 4.90 Å². The average Bonchev–Trinajstić information content (AvgIpc) is 2.67. The van der Waals surface area contributed by atoms with Gasteiger partial charge in [-0.25, -0.2) is 0 Å². The lowest BCUT2D eigenvalue weighted by Gasteiger charge is -2.37. The molecule has 82 valence electrons. The van der Waals surface area contributed by atoms with Gasteiger partial charge < -0.3 is 0 Å². The molecule has 0 amide bonds. The lowest BCUT2D eigenvalue weighted by molar-refractivity contribution is 0.114. The van der Waals surface area contributed by atoms with Gasteiger partial charge in [0.05, 0.1) is 0 Å². The quantitative estimate of drug-likeness (QED) is 0.620. The summed E-state index contributed by atoms with van der Waals surface area (Å²) >= 11 is 0. The smallest absolute Gasteiger partial charge is 0.00986 e. The molecule has 0 spiro atoms. The Hall–Kier alpha value is -0.0400. The van der Waals surface area contributed by atoms with Gasteiger partial charge in [0.25, 0.3) is 0 Å². The van der Waals surface area contributed by atoms with Gasteiger partial charge in [0.1, 0.15) is 0 Å². The van der Waals surface area contributed by atoms with Crippen molar-refractivity contribution in [2.24, 2.45) is 0 Å². The molecule has 0 N–H and O–H groups in total. The van der Waals surface area contributed by atoms with Crippen molar-refractivity contribution in [3.05, 3.63) is 0 Å². The number of hydrogen-bond acceptors (Lipinski definition) is 1. The highest BCUT2D eigenvalue weighted by Gasteiger charge is 2.32. The molecule has 0 unspecified atom stereocenters. The van der Waals surface area contributed by atoms with E-state index >= 15 is 0 Å². The number of hydrogen-bond donors (Lipinski definition) is 0. The number of nitrogens with zero attached hydrogens (tertiary/aromatic N) is 1. The van der Waals surface area contributed by atoms with Crippen LogP contribution in [-0.4, -0.2) is 23.5 Å². The Labute approximate surface area is 88.9 Å². The first kappa shape index (κ1) is 10.5. The van der Waals surface area contributed by atoms with E-state index in [0.717, 1.165) is 12.1 Å². The van der Waals surface area contributed by atoms with Crippen LogP contribution < -0.4 is 0 Å². The fourth-order valence-electron chi connectivity index (χ4n) is 3.34. The number of piperidine rings is 1. The Morgan fingerprint density at radius 3 is 2.79 bits per heavy atom. The molecule has 2 heterocycles. The van der Waals surface area contributed by atoms with Crippen LogP contribution in [0.5, 0.6) is 0 Å². The van der Waals surface area contributed by atoms with Crippen molar-refractivity contribution in [2.75, 3.05) is 6.54 Å². The molecular formula is C13H25N. The van der Waals surface area contributed by atoms with Gasteiger partial charge in [0.2, 0.25) is 0 Å². The summed E-state index contributed by atoms with van der Waals surface area (Å²) in [6.07, 6.45) is 13.2. The van der Waals surface area contributed by atoms with Crippen molar-refractivity contribution >= 4 is 0 Å². The zero-order valence-corrected chi connectivity index (χ0v) is 9.67. The van der Waals surface area contributed by atoms with Gasteiger partial charge in [-0.15, -0.1) is 0 Å². The highest BCUT2D eigenvalue weighted by Crippen LogP contribution is 2.32. The first-order chi connectivity index (χ1) is 6.92. The lowest BCUT2D eigenvalue weighted by Crippen LogP contribution is -2.42. The summed E-state index contributed by atoms with van der Waals surface area (Å²) in [6, 6.07) is 1.94. The predicted octanol–water partition coefficient (Wildman–Crippen LogP) is 3.58. The van der Waals surface area contributed by atoms with Gasteiger partial charge in [-0.2, -0.15) is 0 Å². The van der Waals surface area contributed by atoms with Crippen LogP contribution in [0.1, 0.15) is 64.7 Å². The van der Waals surface area contributed by atoms with Gasteiger partial charge in [-0.1, -0.05) is 32.6 Å². The monoisotopic (exact) mass is 195 g/mol. The van der Waals surface area contributed by atoms with Gasteiger partial charge in [0.15, 0.2) is 0 Å². The third kappa shape index (κ3) is 2.31. The molecule has 0 radical (unpaired) electrons. The maximum atomic E-state index is 2.83. The standard InChI is InChI=1S/C13H25N/c1-2-3-4-7-12-8-5-9-13-10-6-11-14(12)13/h12-13H,2-11H2,1H3/t12-,13-/m1/s1. The minimum absolute atomic E-state index is 0.961. The van der Waals surface area contributed by atoms with Gasteiger partial charge in [-0.05, 0) is 38.6 Å². The Morgan fingerprint density at radius 1 is 1.07 bits per heavy atom. The van der Waals surface area contributed by atoms with Gasteiger partial charge in [0, 0.05) is 12.1 Å². The normalized spacial score (nSPS) is 33.2. The van der Waals surface area contributed by atoms with E-state index in [1.165, 1.54) is 64.3 Å². The van der Waals surface area contributed by atoms with Crippen molar-refractivity contribution < 1.29 is 0 Å². The van der Waals surface area contributed by atoms with E-state index in [0.29, 0.717) is 0 Å². The highest BCUT2D eigenvalue weighted by molar-refractivity contribution is 4.88. The van der Waals surface area contributed by atoms with E-state index in [1.54, 1.807) is 0 Å². The Kier molecular flexibility index (Phi) is 3.86. The van der Waals surface area contributed by atoms with Crippen molar-refractivity contribution in [1.29, 1.82) is 0 Å². The molecule has 14 heavy (non-hydrogen) atoms. The SMILES string of the molecule is CCCCC[C@@H]1CCC[C@@H]2CCCN12. The number of rotatable bonds is 4. The molecule has 2 aliphatic rings. The van der Waals surface area contributed by atoms with Gasteiger partial charge in [-0.3, -0.25) is 4.90 Å². The second-order valence-electron chi connectivity index (χ2n) is 5.11. The summed E-state index contributed by atoms with van der Waals surface area (Å²) in [7, 11) is 0. The fourth-order valence-corrected chi connectivity index (χ4v) is 3.34. The molecule has 0 aromatic rings. The first-order valence-electron chi connectivity index (χ1n) is 6.67. The molecule has 0 bridgehead atoms. The molecule has 2 saturated heterocycles. The number of unbranched alkanes of at least 4 members (excludes halogenated alkanes) is 2. The van der Waals surface area contributed by atoms with E-state index < -0.39 is 0 Å². The van der Waals surface area contributed by atoms with Crippen LogP contribution in [0.25, 0.3) is 0 Å². The first-order valence-corrected chi connectivity index (χ1v) is 6.67. The van der Waals surface area contributed by atoms with Crippen LogP contribution in [0.3, 0.4) is 0 Å². The molecule has 0 aromatic carbocycles. The van der Waals surface area contributed by atoms with Crippen LogP contribution in [0.15, 0.2) is 0 Å². The molecular weight excluding hydrogens is 170 g/mol. The van der Waals surface area contributed by atoms with Gasteiger partial charge >= 0.3 is 0 Å². The molecule has 1 heteroatoms. The molecule has 0 aliphatic carbocycles. The third-order valence-corrected chi connectivity index (χ3v) is 4.11. The minimum atomic E-state index is 0.961. The van der Waals surface area contributed by atoms with Crippen molar-refractivity contribution in [2.45, 2.75) is 76.8 Å². The molecule has 2 atom stereocenters. The minimum Gasteiger partial charge on any atom is -0.297 e. The fraction of sp³-hybridized carbons (Fsp3) is 1.00. The van der Waals surface area contributed by atoms with Crippen LogP contribution in [0.4, 0.5) is 0 Å². The van der Waals surface area contributed by atoms with E-state index in [4.69, 9.17) is 0 Å². The predicted molar refractivity (Wildman–Crippen MR) is 61.5 cm³/mol. The zero-order valence-electron chi connectivity index (χ0n) is 9.67. The summed E-state index contributed by atoms with van der Waals surface area (Å²) in [6.45, 7) is 3.71. The van der Waals surface area contributed by atoms with Crippen LogP contribution in [0.2, 0.25) is 0 Å². The van der Waals surface area contributed by atoms with E-state index in [1.807, 2.05) is 0 Å². The molecule has 2 rings (SSSR count). The highest BCUT2D eigenvalue weighted by atomic mass is 15.2. The third-order valence-electron chi connectivity index (χ3n) is 4.11. The van der Waals surface area contributed by atoms with E-state index in [2.05, 4.69) is 11.8 Å². The average molecular weight is 195 g/mol. The summed E-state index contributed by atoms with van der Waals surface area (Å²) in [5.74, 6) is 0. The summed E-state index contributed by atoms with van der Waals surface area (Å²) < 4.78 is 0. The van der Waals surface area contributed by atoms with Crippen LogP contribution in [0, 0.1) is 0 Å². The van der Waals surface area contributed by atoms with Crippen LogP contribution >= 0.6 is 0 Å². The molecule has 0 saturated carbocycles. The number of fused-ring (bicyclic) bond motifs is 1. The molecule has 0 aromatic heterocycles. The second-order valence-corrected chi connectivity index (χ2v) is 5.11. The Balaban J connectivity index is 1.78. The summed E-state index contributed by atoms with van der Waals surface area (Å²) in [5, 5.41) is 0. The Morgan fingerprint density at radius 2 is 1.93 bits per heavy atom. The van der Waals surface area contributed by atoms with Crippen molar-refractivity contribution in [3.63, 3.8) is 0 Å². The molecule has 2 fully saturated rings. The summed E-state index contributed by atoms with van der Waals surface area (Å²) in [5.41, 5.74) is 0.